The molecular weight excluding hydrogens is 318 g/mol. The molecule has 7 nitrogen and oxygen atoms in total. The van der Waals surface area contributed by atoms with Crippen LogP contribution in [0, 0.1) is 18.3 Å². The summed E-state index contributed by atoms with van der Waals surface area (Å²) in [5, 5.41) is 15.6. The Balaban J connectivity index is 1.42. The normalized spacial score (nSPS) is 15.7. The van der Waals surface area contributed by atoms with Crippen molar-refractivity contribution in [3.8, 4) is 6.07 Å². The molecule has 1 amide bonds. The van der Waals surface area contributed by atoms with Crippen LogP contribution in [-0.4, -0.2) is 40.6 Å². The Morgan fingerprint density at radius 3 is 2.92 bits per heavy atom. The molecule has 0 bridgehead atoms. The molecule has 130 valence electrons. The molecule has 1 aromatic carbocycles. The van der Waals surface area contributed by atoms with Crippen LogP contribution in [0.3, 0.4) is 0 Å². The van der Waals surface area contributed by atoms with Crippen molar-refractivity contribution in [2.45, 2.75) is 32.1 Å². The van der Waals surface area contributed by atoms with E-state index in [9.17, 15) is 4.79 Å². The number of aromatic nitrogens is 2. The smallest absolute Gasteiger partial charge is 0.229 e. The van der Waals surface area contributed by atoms with Crippen LogP contribution in [0.15, 0.2) is 28.8 Å². The summed E-state index contributed by atoms with van der Waals surface area (Å²) in [4.78, 5) is 18.7. The van der Waals surface area contributed by atoms with Crippen LogP contribution in [0.4, 0.5) is 5.69 Å². The maximum Gasteiger partial charge on any atom is 0.229 e. The molecule has 2 heterocycles. The van der Waals surface area contributed by atoms with Gasteiger partial charge in [-0.05, 0) is 51.1 Å². The second kappa shape index (κ2) is 7.90. The Morgan fingerprint density at radius 2 is 2.24 bits per heavy atom. The summed E-state index contributed by atoms with van der Waals surface area (Å²) in [5.74, 6) is 1.69. The number of hydrogen-bond donors (Lipinski definition) is 1. The zero-order valence-electron chi connectivity index (χ0n) is 14.2. The van der Waals surface area contributed by atoms with Gasteiger partial charge in [0.15, 0.2) is 5.82 Å². The SMILES string of the molecule is Cc1noc(C2CCN(CCC(=O)Nc3cccc(C#N)c3)CC2)n1. The fourth-order valence-corrected chi connectivity index (χ4v) is 3.03. The number of benzene rings is 1. The molecule has 0 spiro atoms. The zero-order valence-corrected chi connectivity index (χ0v) is 14.2. The van der Waals surface area contributed by atoms with Crippen LogP contribution in [0.5, 0.6) is 0 Å². The van der Waals surface area contributed by atoms with E-state index in [0.29, 0.717) is 29.4 Å². The molecule has 1 aliphatic rings. The van der Waals surface area contributed by atoms with Gasteiger partial charge < -0.3 is 14.7 Å². The molecule has 1 saturated heterocycles. The van der Waals surface area contributed by atoms with Crippen molar-refractivity contribution in [3.63, 3.8) is 0 Å². The van der Waals surface area contributed by atoms with Gasteiger partial charge in [-0.3, -0.25) is 4.79 Å². The molecule has 7 heteroatoms. The van der Waals surface area contributed by atoms with Gasteiger partial charge in [0.1, 0.15) is 0 Å². The van der Waals surface area contributed by atoms with Crippen LogP contribution < -0.4 is 5.32 Å². The highest BCUT2D eigenvalue weighted by Crippen LogP contribution is 2.26. The summed E-state index contributed by atoms with van der Waals surface area (Å²) in [6.07, 6.45) is 2.36. The molecule has 0 radical (unpaired) electrons. The third kappa shape index (κ3) is 4.64. The van der Waals surface area contributed by atoms with Gasteiger partial charge in [-0.2, -0.15) is 10.2 Å². The van der Waals surface area contributed by atoms with E-state index < -0.39 is 0 Å². The van der Waals surface area contributed by atoms with Gasteiger partial charge in [0, 0.05) is 24.6 Å². The van der Waals surface area contributed by atoms with Crippen molar-refractivity contribution >= 4 is 11.6 Å². The van der Waals surface area contributed by atoms with Gasteiger partial charge in [0.25, 0.3) is 0 Å². The Bertz CT molecular complexity index is 772. The van der Waals surface area contributed by atoms with Crippen molar-refractivity contribution in [3.05, 3.63) is 41.5 Å². The third-order valence-electron chi connectivity index (χ3n) is 4.41. The number of amides is 1. The number of hydrogen-bond acceptors (Lipinski definition) is 6. The maximum atomic E-state index is 12.1. The number of aryl methyl sites for hydroxylation is 1. The summed E-state index contributed by atoms with van der Waals surface area (Å²) in [6.45, 7) is 4.39. The van der Waals surface area contributed by atoms with Crippen molar-refractivity contribution in [1.29, 1.82) is 5.26 Å². The Morgan fingerprint density at radius 1 is 1.44 bits per heavy atom. The number of rotatable bonds is 5. The number of nitriles is 1. The summed E-state index contributed by atoms with van der Waals surface area (Å²) >= 11 is 0. The zero-order chi connectivity index (χ0) is 17.6. The molecule has 0 atom stereocenters. The molecule has 1 N–H and O–H groups in total. The number of nitrogens with one attached hydrogen (secondary N) is 1. The molecule has 0 unspecified atom stereocenters. The fraction of sp³-hybridized carbons (Fsp3) is 0.444. The van der Waals surface area contributed by atoms with E-state index in [1.807, 2.05) is 6.92 Å². The van der Waals surface area contributed by atoms with E-state index in [4.69, 9.17) is 9.78 Å². The van der Waals surface area contributed by atoms with Gasteiger partial charge in [-0.1, -0.05) is 11.2 Å². The van der Waals surface area contributed by atoms with E-state index in [1.165, 1.54) is 0 Å². The van der Waals surface area contributed by atoms with Gasteiger partial charge >= 0.3 is 0 Å². The summed E-state index contributed by atoms with van der Waals surface area (Å²) in [5.41, 5.74) is 1.20. The highest BCUT2D eigenvalue weighted by atomic mass is 16.5. The average Bonchev–Trinajstić information content (AvgIpc) is 3.07. The predicted molar refractivity (Wildman–Crippen MR) is 91.9 cm³/mol. The first-order chi connectivity index (χ1) is 12.1. The third-order valence-corrected chi connectivity index (χ3v) is 4.41. The van der Waals surface area contributed by atoms with E-state index in [0.717, 1.165) is 38.4 Å². The number of likely N-dealkylation sites (tertiary alicyclic amines) is 1. The minimum Gasteiger partial charge on any atom is -0.339 e. The van der Waals surface area contributed by atoms with Gasteiger partial charge in [0.05, 0.1) is 11.6 Å². The van der Waals surface area contributed by atoms with E-state index in [2.05, 4.69) is 26.4 Å². The predicted octanol–water partition coefficient (Wildman–Crippen LogP) is 2.46. The number of nitrogens with zero attached hydrogens (tertiary/aromatic N) is 4. The molecule has 1 aromatic heterocycles. The summed E-state index contributed by atoms with van der Waals surface area (Å²) in [6, 6.07) is 9.01. The van der Waals surface area contributed by atoms with Crippen LogP contribution in [0.25, 0.3) is 0 Å². The minimum atomic E-state index is -0.0373. The van der Waals surface area contributed by atoms with Crippen molar-refractivity contribution in [1.82, 2.24) is 15.0 Å². The second-order valence-electron chi connectivity index (χ2n) is 6.29. The Labute approximate surface area is 146 Å². The van der Waals surface area contributed by atoms with Crippen LogP contribution >= 0.6 is 0 Å². The number of anilines is 1. The van der Waals surface area contributed by atoms with Crippen LogP contribution in [-0.2, 0) is 4.79 Å². The minimum absolute atomic E-state index is 0.0373. The van der Waals surface area contributed by atoms with Crippen molar-refractivity contribution < 1.29 is 9.32 Å². The van der Waals surface area contributed by atoms with Gasteiger partial charge in [-0.15, -0.1) is 0 Å². The standard InChI is InChI=1S/C18H21N5O2/c1-13-20-18(25-22-13)15-5-8-23(9-6-15)10-7-17(24)21-16-4-2-3-14(11-16)12-19/h2-4,11,15H,5-10H2,1H3,(H,21,24). The lowest BCUT2D eigenvalue weighted by Crippen LogP contribution is -2.35. The van der Waals surface area contributed by atoms with Gasteiger partial charge in [0.2, 0.25) is 11.8 Å². The van der Waals surface area contributed by atoms with Crippen LogP contribution in [0.2, 0.25) is 0 Å². The molecule has 25 heavy (non-hydrogen) atoms. The highest BCUT2D eigenvalue weighted by molar-refractivity contribution is 5.90. The number of carbonyl (C=O) groups is 1. The summed E-state index contributed by atoms with van der Waals surface area (Å²) < 4.78 is 5.26. The quantitative estimate of drug-likeness (QED) is 0.899. The molecule has 0 aliphatic carbocycles. The van der Waals surface area contributed by atoms with E-state index in [-0.39, 0.29) is 5.91 Å². The first kappa shape index (κ1) is 17.1. The Hall–Kier alpha value is -2.72. The fourth-order valence-electron chi connectivity index (χ4n) is 3.03. The van der Waals surface area contributed by atoms with E-state index >= 15 is 0 Å². The highest BCUT2D eigenvalue weighted by Gasteiger charge is 2.24. The lowest BCUT2D eigenvalue weighted by atomic mass is 9.96. The monoisotopic (exact) mass is 339 g/mol. The van der Waals surface area contributed by atoms with Crippen LogP contribution in [0.1, 0.15) is 42.5 Å². The largest absolute Gasteiger partial charge is 0.339 e. The average molecular weight is 339 g/mol. The number of carbonyl (C=O) groups excluding carboxylic acids is 1. The molecule has 3 rings (SSSR count). The molecule has 1 aliphatic heterocycles. The Kier molecular flexibility index (Phi) is 5.41. The van der Waals surface area contributed by atoms with Crippen molar-refractivity contribution in [2.24, 2.45) is 0 Å². The topological polar surface area (TPSA) is 95.0 Å². The lowest BCUT2D eigenvalue weighted by molar-refractivity contribution is -0.116. The molecule has 1 fully saturated rings. The van der Waals surface area contributed by atoms with Gasteiger partial charge in [-0.25, -0.2) is 0 Å². The van der Waals surface area contributed by atoms with E-state index in [1.54, 1.807) is 24.3 Å². The molecule has 0 saturated carbocycles. The lowest BCUT2D eigenvalue weighted by Gasteiger charge is -2.30. The maximum absolute atomic E-state index is 12.1. The first-order valence-corrected chi connectivity index (χ1v) is 8.46. The summed E-state index contributed by atoms with van der Waals surface area (Å²) in [7, 11) is 0. The molecule has 2 aromatic rings. The number of piperidine rings is 1. The molecular formula is C18H21N5O2. The van der Waals surface area contributed by atoms with Crippen molar-refractivity contribution in [2.75, 3.05) is 25.0 Å². The second-order valence-corrected chi connectivity index (χ2v) is 6.29. The first-order valence-electron chi connectivity index (χ1n) is 8.46.